The average molecular weight is 313 g/mol. The van der Waals surface area contributed by atoms with Gasteiger partial charge in [-0.2, -0.15) is 0 Å². The molecule has 0 aromatic heterocycles. The number of hydrogen-bond acceptors (Lipinski definition) is 0. The van der Waals surface area contributed by atoms with E-state index in [1.54, 1.807) is 0 Å². The molecule has 0 bridgehead atoms. The highest BCUT2D eigenvalue weighted by atomic mass is 14.5. The Kier molecular flexibility index (Phi) is 6.45. The summed E-state index contributed by atoms with van der Waals surface area (Å²) >= 11 is 0. The fourth-order valence-electron chi connectivity index (χ4n) is 2.93. The van der Waals surface area contributed by atoms with Crippen molar-refractivity contribution >= 4 is 10.8 Å². The van der Waals surface area contributed by atoms with Crippen LogP contribution in [0.3, 0.4) is 0 Å². The highest BCUT2D eigenvalue weighted by Crippen LogP contribution is 2.54. The van der Waals surface area contributed by atoms with Crippen LogP contribution in [0.4, 0.5) is 0 Å². The second-order valence-electron chi connectivity index (χ2n) is 8.45. The van der Waals surface area contributed by atoms with Gasteiger partial charge in [0.2, 0.25) is 0 Å². The maximum absolute atomic E-state index is 2.42. The molecule has 0 fully saturated rings. The highest BCUT2D eigenvalue weighted by molar-refractivity contribution is 5.81. The third-order valence-corrected chi connectivity index (χ3v) is 6.81. The van der Waals surface area contributed by atoms with Crippen molar-refractivity contribution < 1.29 is 0 Å². The van der Waals surface area contributed by atoms with Gasteiger partial charge in [-0.05, 0) is 27.0 Å². The van der Waals surface area contributed by atoms with E-state index in [1.807, 2.05) is 0 Å². The van der Waals surface area contributed by atoms with Crippen molar-refractivity contribution in [2.75, 3.05) is 0 Å². The van der Waals surface area contributed by atoms with Gasteiger partial charge in [0, 0.05) is 0 Å². The molecule has 0 N–H and O–H groups in total. The van der Waals surface area contributed by atoms with Gasteiger partial charge in [0.05, 0.1) is 0 Å². The molecule has 0 aliphatic carbocycles. The Morgan fingerprint density at radius 3 is 1.04 bits per heavy atom. The van der Waals surface area contributed by atoms with Gasteiger partial charge in [-0.15, -0.1) is 0 Å². The number of benzene rings is 2. The van der Waals surface area contributed by atoms with Crippen LogP contribution in [0.25, 0.3) is 10.8 Å². The lowest BCUT2D eigenvalue weighted by Crippen LogP contribution is -2.43. The van der Waals surface area contributed by atoms with Gasteiger partial charge < -0.3 is 0 Å². The van der Waals surface area contributed by atoms with E-state index in [2.05, 4.69) is 104 Å². The summed E-state index contributed by atoms with van der Waals surface area (Å²) in [5, 5.41) is 2.62. The van der Waals surface area contributed by atoms with Crippen LogP contribution in [0.2, 0.25) is 0 Å². The molecule has 0 aliphatic heterocycles. The maximum atomic E-state index is 2.42. The SMILES string of the molecule is CCC(C)(C)C(C)(C)C(C)(C)CC.c1ccc2ccccc2c1. The zero-order valence-electron chi connectivity index (χ0n) is 16.5. The molecule has 0 saturated heterocycles. The van der Waals surface area contributed by atoms with Gasteiger partial charge in [-0.3, -0.25) is 0 Å². The predicted molar refractivity (Wildman–Crippen MR) is 106 cm³/mol. The first-order valence-electron chi connectivity index (χ1n) is 9.03. The smallest absolute Gasteiger partial charge is 0.0184 e. The molecular formula is C23H36. The summed E-state index contributed by atoms with van der Waals surface area (Å²) in [6.45, 7) is 19.0. The Morgan fingerprint density at radius 1 is 0.565 bits per heavy atom. The van der Waals surface area contributed by atoms with Crippen molar-refractivity contribution in [3.63, 3.8) is 0 Å². The Balaban J connectivity index is 0.000000235. The summed E-state index contributed by atoms with van der Waals surface area (Å²) in [6.07, 6.45) is 2.51. The van der Waals surface area contributed by atoms with E-state index in [1.165, 1.54) is 23.6 Å². The molecule has 0 nitrogen and oxygen atoms in total. The number of hydrogen-bond donors (Lipinski definition) is 0. The van der Waals surface area contributed by atoms with E-state index in [-0.39, 0.29) is 0 Å². The largest absolute Gasteiger partial charge is 0.0649 e. The third-order valence-electron chi connectivity index (χ3n) is 6.81. The van der Waals surface area contributed by atoms with Gasteiger partial charge in [-0.1, -0.05) is 117 Å². The lowest BCUT2D eigenvalue weighted by atomic mass is 9.53. The van der Waals surface area contributed by atoms with Crippen LogP contribution in [-0.2, 0) is 0 Å². The number of fused-ring (bicyclic) bond motifs is 1. The molecule has 0 radical (unpaired) electrons. The zero-order chi connectivity index (χ0) is 17.7. The van der Waals surface area contributed by atoms with Crippen molar-refractivity contribution in [1.82, 2.24) is 0 Å². The first-order chi connectivity index (χ1) is 10.6. The van der Waals surface area contributed by atoms with Crippen LogP contribution in [0.15, 0.2) is 48.5 Å². The molecular weight excluding hydrogens is 276 g/mol. The van der Waals surface area contributed by atoms with Crippen LogP contribution >= 0.6 is 0 Å². The maximum Gasteiger partial charge on any atom is -0.0184 e. The minimum Gasteiger partial charge on any atom is -0.0649 e. The molecule has 23 heavy (non-hydrogen) atoms. The van der Waals surface area contributed by atoms with Crippen LogP contribution in [0, 0.1) is 16.2 Å². The van der Waals surface area contributed by atoms with E-state index in [0.29, 0.717) is 16.2 Å². The minimum atomic E-state index is 0.392. The monoisotopic (exact) mass is 312 g/mol. The molecule has 0 spiro atoms. The highest BCUT2D eigenvalue weighted by Gasteiger charge is 2.45. The van der Waals surface area contributed by atoms with Crippen molar-refractivity contribution in [3.05, 3.63) is 48.5 Å². The van der Waals surface area contributed by atoms with E-state index >= 15 is 0 Å². The van der Waals surface area contributed by atoms with Gasteiger partial charge in [0.1, 0.15) is 0 Å². The normalized spacial score (nSPS) is 12.7. The minimum absolute atomic E-state index is 0.392. The summed E-state index contributed by atoms with van der Waals surface area (Å²) in [5.74, 6) is 0. The molecule has 2 rings (SSSR count). The molecule has 0 saturated carbocycles. The summed E-state index contributed by atoms with van der Waals surface area (Å²) < 4.78 is 0. The van der Waals surface area contributed by atoms with Crippen LogP contribution < -0.4 is 0 Å². The number of rotatable bonds is 4. The van der Waals surface area contributed by atoms with Gasteiger partial charge >= 0.3 is 0 Å². The van der Waals surface area contributed by atoms with Crippen molar-refractivity contribution in [2.45, 2.75) is 68.2 Å². The lowest BCUT2D eigenvalue weighted by molar-refractivity contribution is -0.0243. The van der Waals surface area contributed by atoms with E-state index in [0.717, 1.165) is 0 Å². The van der Waals surface area contributed by atoms with Crippen LogP contribution in [0.5, 0.6) is 0 Å². The molecule has 0 aliphatic rings. The molecule has 0 amide bonds. The summed E-state index contributed by atoms with van der Waals surface area (Å²) in [6, 6.07) is 16.7. The molecule has 2 aromatic rings. The summed E-state index contributed by atoms with van der Waals surface area (Å²) in [7, 11) is 0. The predicted octanol–water partition coefficient (Wildman–Crippen LogP) is 7.72. The topological polar surface area (TPSA) is 0 Å². The second kappa shape index (κ2) is 7.51. The fraction of sp³-hybridized carbons (Fsp3) is 0.565. The molecule has 2 aromatic carbocycles. The Morgan fingerprint density at radius 2 is 0.826 bits per heavy atom. The quantitative estimate of drug-likeness (QED) is 0.542. The molecule has 0 heterocycles. The first-order valence-corrected chi connectivity index (χ1v) is 9.03. The summed E-state index contributed by atoms with van der Waals surface area (Å²) in [5.41, 5.74) is 1.24. The summed E-state index contributed by atoms with van der Waals surface area (Å²) in [4.78, 5) is 0. The van der Waals surface area contributed by atoms with E-state index in [4.69, 9.17) is 0 Å². The van der Waals surface area contributed by atoms with Crippen molar-refractivity contribution in [3.8, 4) is 0 Å². The Labute approximate surface area is 144 Å². The van der Waals surface area contributed by atoms with Crippen LogP contribution in [-0.4, -0.2) is 0 Å². The standard InChI is InChI=1S/C13H28.C10H8/c1-9-11(3,4)13(7,8)12(5,6)10-2;1-2-6-10-8-4-3-7-9(10)5-1/h9-10H2,1-8H3;1-8H. The molecule has 0 unspecified atom stereocenters. The van der Waals surface area contributed by atoms with E-state index < -0.39 is 0 Å². The molecule has 0 atom stereocenters. The first kappa shape index (κ1) is 19.7. The average Bonchev–Trinajstić information content (AvgIpc) is 2.55. The van der Waals surface area contributed by atoms with Crippen LogP contribution in [0.1, 0.15) is 68.2 Å². The molecule has 128 valence electrons. The third kappa shape index (κ3) is 4.37. The molecule has 0 heteroatoms. The fourth-order valence-corrected chi connectivity index (χ4v) is 2.93. The van der Waals surface area contributed by atoms with Crippen molar-refractivity contribution in [1.29, 1.82) is 0 Å². The Hall–Kier alpha value is -1.30. The van der Waals surface area contributed by atoms with Crippen molar-refractivity contribution in [2.24, 2.45) is 16.2 Å². The van der Waals surface area contributed by atoms with Gasteiger partial charge in [-0.25, -0.2) is 0 Å². The lowest BCUT2D eigenvalue weighted by Gasteiger charge is -2.52. The second-order valence-corrected chi connectivity index (χ2v) is 8.45. The van der Waals surface area contributed by atoms with Gasteiger partial charge in [0.25, 0.3) is 0 Å². The van der Waals surface area contributed by atoms with Gasteiger partial charge in [0.15, 0.2) is 0 Å². The van der Waals surface area contributed by atoms with E-state index in [9.17, 15) is 0 Å². The zero-order valence-corrected chi connectivity index (χ0v) is 16.5. The Bertz CT molecular complexity index is 519.